The summed E-state index contributed by atoms with van der Waals surface area (Å²) in [6, 6.07) is 6.23. The average Bonchev–Trinajstić information content (AvgIpc) is 2.14. The molecule has 0 aliphatic carbocycles. The van der Waals surface area contributed by atoms with Gasteiger partial charge in [-0.25, -0.2) is 0 Å². The van der Waals surface area contributed by atoms with Gasteiger partial charge >= 0.3 is 0 Å². The lowest BCUT2D eigenvalue weighted by Crippen LogP contribution is -2.25. The monoisotopic (exact) mass is 253 g/mol. The molecule has 0 radical (unpaired) electrons. The molecule has 3 heteroatoms. The van der Waals surface area contributed by atoms with Gasteiger partial charge in [0.2, 0.25) is 0 Å². The van der Waals surface area contributed by atoms with E-state index in [0.717, 1.165) is 12.3 Å². The number of nitrogens with zero attached hydrogens (tertiary/aromatic N) is 1. The van der Waals surface area contributed by atoms with Crippen molar-refractivity contribution in [3.05, 3.63) is 40.9 Å². The molecule has 0 fully saturated rings. The van der Waals surface area contributed by atoms with Gasteiger partial charge in [0, 0.05) is 18.1 Å². The molecule has 0 bridgehead atoms. The zero-order chi connectivity index (χ0) is 12.8. The number of hydrogen-bond donors (Lipinski definition) is 0. The van der Waals surface area contributed by atoms with E-state index >= 15 is 0 Å². The highest BCUT2D eigenvalue weighted by atomic mass is 35.5. The van der Waals surface area contributed by atoms with Crippen molar-refractivity contribution in [2.45, 2.75) is 13.8 Å². The SMILES string of the molecule is C=C(Cl)CN(C)CCOc1cc(C)cc(C)c1. The van der Waals surface area contributed by atoms with E-state index in [4.69, 9.17) is 16.3 Å². The van der Waals surface area contributed by atoms with E-state index in [2.05, 4.69) is 31.4 Å². The zero-order valence-electron chi connectivity index (χ0n) is 10.8. The van der Waals surface area contributed by atoms with Crippen molar-refractivity contribution in [1.82, 2.24) is 4.90 Å². The van der Waals surface area contributed by atoms with E-state index in [1.807, 2.05) is 19.2 Å². The van der Waals surface area contributed by atoms with Crippen molar-refractivity contribution >= 4 is 11.6 Å². The number of likely N-dealkylation sites (N-methyl/N-ethyl adjacent to an activating group) is 1. The van der Waals surface area contributed by atoms with Gasteiger partial charge < -0.3 is 4.74 Å². The van der Waals surface area contributed by atoms with Crippen LogP contribution in [-0.2, 0) is 0 Å². The fraction of sp³-hybridized carbons (Fsp3) is 0.429. The molecule has 0 amide bonds. The van der Waals surface area contributed by atoms with Crippen LogP contribution in [0, 0.1) is 13.8 Å². The second kappa shape index (κ2) is 6.67. The fourth-order valence-corrected chi connectivity index (χ4v) is 1.91. The molecule has 94 valence electrons. The van der Waals surface area contributed by atoms with Crippen molar-refractivity contribution in [3.8, 4) is 5.75 Å². The smallest absolute Gasteiger partial charge is 0.119 e. The molecule has 1 aromatic carbocycles. The number of rotatable bonds is 6. The van der Waals surface area contributed by atoms with Crippen LogP contribution in [0.2, 0.25) is 0 Å². The van der Waals surface area contributed by atoms with Crippen molar-refractivity contribution in [2.24, 2.45) is 0 Å². The summed E-state index contributed by atoms with van der Waals surface area (Å²) in [6.07, 6.45) is 0. The zero-order valence-corrected chi connectivity index (χ0v) is 11.5. The van der Waals surface area contributed by atoms with E-state index < -0.39 is 0 Å². The fourth-order valence-electron chi connectivity index (χ4n) is 1.71. The normalized spacial score (nSPS) is 10.6. The molecule has 2 nitrogen and oxygen atoms in total. The van der Waals surface area contributed by atoms with Crippen LogP contribution in [0.15, 0.2) is 29.8 Å². The lowest BCUT2D eigenvalue weighted by Gasteiger charge is -2.16. The van der Waals surface area contributed by atoms with Gasteiger partial charge in [-0.15, -0.1) is 0 Å². The largest absolute Gasteiger partial charge is 0.492 e. The van der Waals surface area contributed by atoms with Gasteiger partial charge in [-0.2, -0.15) is 0 Å². The summed E-state index contributed by atoms with van der Waals surface area (Å²) in [4.78, 5) is 2.08. The highest BCUT2D eigenvalue weighted by Crippen LogP contribution is 2.16. The minimum Gasteiger partial charge on any atom is -0.492 e. The Morgan fingerprint density at radius 2 is 1.88 bits per heavy atom. The first-order chi connectivity index (χ1) is 7.97. The third-order valence-corrected chi connectivity index (χ3v) is 2.50. The van der Waals surface area contributed by atoms with Gasteiger partial charge in [-0.3, -0.25) is 4.90 Å². The Kier molecular flexibility index (Phi) is 5.52. The summed E-state index contributed by atoms with van der Waals surface area (Å²) >= 11 is 5.73. The quantitative estimate of drug-likeness (QED) is 0.771. The molecule has 0 aliphatic heterocycles. The maximum atomic E-state index is 5.73. The Labute approximate surface area is 109 Å². The minimum atomic E-state index is 0.652. The van der Waals surface area contributed by atoms with Crippen LogP contribution < -0.4 is 4.74 Å². The maximum absolute atomic E-state index is 5.73. The average molecular weight is 254 g/mol. The molecule has 0 aromatic heterocycles. The lowest BCUT2D eigenvalue weighted by molar-refractivity contribution is 0.248. The molecule has 0 saturated heterocycles. The summed E-state index contributed by atoms with van der Waals surface area (Å²) in [5.74, 6) is 0.931. The highest BCUT2D eigenvalue weighted by Gasteiger charge is 2.01. The molecule has 1 rings (SSSR count). The predicted octanol–water partition coefficient (Wildman–Crippen LogP) is 3.37. The van der Waals surface area contributed by atoms with Gasteiger partial charge in [0.25, 0.3) is 0 Å². The summed E-state index contributed by atoms with van der Waals surface area (Å²) in [5, 5.41) is 0.652. The Balaban J connectivity index is 2.37. The number of benzene rings is 1. The summed E-state index contributed by atoms with van der Waals surface area (Å²) in [7, 11) is 2.00. The minimum absolute atomic E-state index is 0.652. The van der Waals surface area contributed by atoms with Crippen LogP contribution in [0.3, 0.4) is 0 Å². The Morgan fingerprint density at radius 1 is 1.29 bits per heavy atom. The molecule has 0 aliphatic rings. The molecule has 0 spiro atoms. The van der Waals surface area contributed by atoms with Gasteiger partial charge in [0.1, 0.15) is 12.4 Å². The number of halogens is 1. The van der Waals surface area contributed by atoms with Crippen LogP contribution in [-0.4, -0.2) is 31.6 Å². The van der Waals surface area contributed by atoms with Crippen molar-refractivity contribution < 1.29 is 4.74 Å². The summed E-state index contributed by atoms with van der Waals surface area (Å²) in [5.41, 5.74) is 2.45. The topological polar surface area (TPSA) is 12.5 Å². The molecule has 17 heavy (non-hydrogen) atoms. The second-order valence-corrected chi connectivity index (χ2v) is 4.96. The first-order valence-corrected chi connectivity index (χ1v) is 6.08. The Morgan fingerprint density at radius 3 is 2.41 bits per heavy atom. The number of ether oxygens (including phenoxy) is 1. The molecule has 0 N–H and O–H groups in total. The first-order valence-electron chi connectivity index (χ1n) is 5.70. The lowest BCUT2D eigenvalue weighted by atomic mass is 10.1. The molecule has 0 unspecified atom stereocenters. The van der Waals surface area contributed by atoms with E-state index in [0.29, 0.717) is 18.2 Å². The van der Waals surface area contributed by atoms with Crippen LogP contribution >= 0.6 is 11.6 Å². The maximum Gasteiger partial charge on any atom is 0.119 e. The number of aryl methyl sites for hydroxylation is 2. The standard InChI is InChI=1S/C14H20ClNO/c1-11-7-12(2)9-14(8-11)17-6-5-16(4)10-13(3)15/h7-9H,3,5-6,10H2,1-2,4H3. The van der Waals surface area contributed by atoms with E-state index in [1.165, 1.54) is 11.1 Å². The van der Waals surface area contributed by atoms with Gasteiger partial charge in [-0.1, -0.05) is 24.2 Å². The number of hydrogen-bond acceptors (Lipinski definition) is 2. The highest BCUT2D eigenvalue weighted by molar-refractivity contribution is 6.29. The molecule has 0 heterocycles. The van der Waals surface area contributed by atoms with Crippen molar-refractivity contribution in [3.63, 3.8) is 0 Å². The van der Waals surface area contributed by atoms with Crippen LogP contribution in [0.4, 0.5) is 0 Å². The summed E-state index contributed by atoms with van der Waals surface area (Å²) < 4.78 is 5.71. The van der Waals surface area contributed by atoms with Gasteiger partial charge in [0.05, 0.1) is 0 Å². The molecule has 0 atom stereocenters. The molecular formula is C14H20ClNO. The third kappa shape index (κ3) is 5.76. The molecule has 1 aromatic rings. The van der Waals surface area contributed by atoms with Crippen LogP contribution in [0.5, 0.6) is 5.75 Å². The van der Waals surface area contributed by atoms with E-state index in [9.17, 15) is 0 Å². The van der Waals surface area contributed by atoms with Crippen molar-refractivity contribution in [2.75, 3.05) is 26.7 Å². The summed E-state index contributed by atoms with van der Waals surface area (Å²) in [6.45, 7) is 9.99. The first kappa shape index (κ1) is 14.1. The van der Waals surface area contributed by atoms with Crippen molar-refractivity contribution in [1.29, 1.82) is 0 Å². The van der Waals surface area contributed by atoms with Crippen LogP contribution in [0.25, 0.3) is 0 Å². The third-order valence-electron chi connectivity index (χ3n) is 2.38. The van der Waals surface area contributed by atoms with E-state index in [-0.39, 0.29) is 0 Å². The second-order valence-electron chi connectivity index (χ2n) is 4.43. The molecule has 0 saturated carbocycles. The van der Waals surface area contributed by atoms with Gasteiger partial charge in [0.15, 0.2) is 0 Å². The predicted molar refractivity (Wildman–Crippen MR) is 73.9 cm³/mol. The molecular weight excluding hydrogens is 234 g/mol. The van der Waals surface area contributed by atoms with Crippen LogP contribution in [0.1, 0.15) is 11.1 Å². The van der Waals surface area contributed by atoms with Gasteiger partial charge in [-0.05, 0) is 44.2 Å². The van der Waals surface area contributed by atoms with E-state index in [1.54, 1.807) is 0 Å². The Bertz CT molecular complexity index is 370. The Hall–Kier alpha value is -0.990.